The Morgan fingerprint density at radius 3 is 0.485 bits per heavy atom. The summed E-state index contributed by atoms with van der Waals surface area (Å²) in [5, 5.41) is 33.8. The van der Waals surface area contributed by atoms with Gasteiger partial charge >= 0.3 is 0 Å². The Morgan fingerprint density at radius 2 is 0.455 bits per heavy atom. The number of aliphatic hydroxyl groups excluding tert-OH is 4. The molecule has 0 aliphatic carbocycles. The Bertz CT molecular complexity index is 238. The standard InChI is InChI=1S/4C6H15NO.Ti/c4*1-3-7(4-2)5-6-8;/h4*8H,3-6H2,1-2H3;. The summed E-state index contributed by atoms with van der Waals surface area (Å²) in [4.78, 5) is 8.72. The largest absolute Gasteiger partial charge is 0.395 e. The monoisotopic (exact) mass is 516 g/mol. The van der Waals surface area contributed by atoms with Crippen molar-refractivity contribution in [3.05, 3.63) is 0 Å². The van der Waals surface area contributed by atoms with Crippen LogP contribution in [0.1, 0.15) is 55.4 Å². The van der Waals surface area contributed by atoms with Crippen LogP contribution in [-0.4, -0.2) is 145 Å². The van der Waals surface area contributed by atoms with Gasteiger partial charge in [0.25, 0.3) is 0 Å². The average molecular weight is 517 g/mol. The molecule has 0 fully saturated rings. The van der Waals surface area contributed by atoms with E-state index in [2.05, 4.69) is 75.0 Å². The molecule has 0 heterocycles. The molecular formula is C24H60N4O4Ti. The van der Waals surface area contributed by atoms with Crippen molar-refractivity contribution in [2.24, 2.45) is 0 Å². The molecule has 0 amide bonds. The Hall–Kier alpha value is 0.394. The van der Waals surface area contributed by atoms with Crippen molar-refractivity contribution in [2.75, 3.05) is 105 Å². The predicted octanol–water partition coefficient (Wildman–Crippen LogP) is 1.28. The summed E-state index contributed by atoms with van der Waals surface area (Å²) in [5.74, 6) is 0. The Kier molecular flexibility index (Phi) is 52.2. The molecule has 8 nitrogen and oxygen atoms in total. The average Bonchev–Trinajstić information content (AvgIpc) is 2.84. The first-order valence-corrected chi connectivity index (χ1v) is 12.7. The number of hydrogen-bond donors (Lipinski definition) is 4. The summed E-state index contributed by atoms with van der Waals surface area (Å²) in [6, 6.07) is 0. The molecule has 0 atom stereocenters. The number of aliphatic hydroxyl groups is 4. The van der Waals surface area contributed by atoms with Crippen molar-refractivity contribution < 1.29 is 42.1 Å². The minimum Gasteiger partial charge on any atom is -0.395 e. The van der Waals surface area contributed by atoms with E-state index < -0.39 is 0 Å². The summed E-state index contributed by atoms with van der Waals surface area (Å²) in [5.41, 5.74) is 0. The second-order valence-electron chi connectivity index (χ2n) is 7.00. The number of likely N-dealkylation sites (N-methyl/N-ethyl adjacent to an activating group) is 4. The Labute approximate surface area is 221 Å². The molecule has 33 heavy (non-hydrogen) atoms. The van der Waals surface area contributed by atoms with Crippen LogP contribution in [-0.2, 0) is 21.7 Å². The SMILES string of the molecule is CCN(CC)CCO.CCN(CC)CCO.CCN(CC)CCO.CCN(CC)CCO.[Ti]. The fraction of sp³-hybridized carbons (Fsp3) is 1.00. The summed E-state index contributed by atoms with van der Waals surface area (Å²) < 4.78 is 0. The molecule has 0 radical (unpaired) electrons. The molecule has 0 bridgehead atoms. The Balaban J connectivity index is -0.000000105. The molecule has 0 aromatic carbocycles. The van der Waals surface area contributed by atoms with Gasteiger partial charge in [-0.1, -0.05) is 55.4 Å². The van der Waals surface area contributed by atoms with Crippen LogP contribution in [0, 0.1) is 0 Å². The molecule has 0 aliphatic heterocycles. The number of hydrogen-bond acceptors (Lipinski definition) is 8. The van der Waals surface area contributed by atoms with Gasteiger partial charge in [0.05, 0.1) is 26.4 Å². The molecule has 0 unspecified atom stereocenters. The summed E-state index contributed by atoms with van der Waals surface area (Å²) in [6.45, 7) is 29.4. The van der Waals surface area contributed by atoms with Gasteiger partial charge in [0.2, 0.25) is 0 Å². The van der Waals surface area contributed by atoms with Gasteiger partial charge in [0, 0.05) is 47.9 Å². The van der Waals surface area contributed by atoms with Gasteiger partial charge in [-0.3, -0.25) is 0 Å². The molecule has 204 valence electrons. The zero-order valence-corrected chi connectivity index (χ0v) is 25.0. The van der Waals surface area contributed by atoms with Crippen LogP contribution in [0.4, 0.5) is 0 Å². The topological polar surface area (TPSA) is 93.9 Å². The molecule has 0 saturated carbocycles. The molecule has 0 aromatic heterocycles. The molecule has 9 heteroatoms. The van der Waals surface area contributed by atoms with Crippen molar-refractivity contribution in [1.29, 1.82) is 0 Å². The summed E-state index contributed by atoms with van der Waals surface area (Å²) in [6.07, 6.45) is 0. The molecule has 0 aromatic rings. The van der Waals surface area contributed by atoms with Crippen molar-refractivity contribution in [3.63, 3.8) is 0 Å². The van der Waals surface area contributed by atoms with E-state index in [0.29, 0.717) is 0 Å². The summed E-state index contributed by atoms with van der Waals surface area (Å²) in [7, 11) is 0. The van der Waals surface area contributed by atoms with Crippen LogP contribution in [0.25, 0.3) is 0 Å². The van der Waals surface area contributed by atoms with Gasteiger partial charge in [-0.15, -0.1) is 0 Å². The molecule has 0 saturated heterocycles. The van der Waals surface area contributed by atoms with Crippen LogP contribution in [0.5, 0.6) is 0 Å². The van der Waals surface area contributed by atoms with Gasteiger partial charge in [-0.2, -0.15) is 0 Å². The zero-order valence-electron chi connectivity index (χ0n) is 23.4. The van der Waals surface area contributed by atoms with E-state index in [1.165, 1.54) is 0 Å². The Morgan fingerprint density at radius 1 is 0.333 bits per heavy atom. The van der Waals surface area contributed by atoms with Crippen molar-refractivity contribution in [1.82, 2.24) is 19.6 Å². The maximum absolute atomic E-state index is 8.46. The quantitative estimate of drug-likeness (QED) is 0.228. The molecular weight excluding hydrogens is 456 g/mol. The van der Waals surface area contributed by atoms with Crippen LogP contribution in [0.2, 0.25) is 0 Å². The minimum atomic E-state index is 0. The molecule has 4 N–H and O–H groups in total. The van der Waals surface area contributed by atoms with Crippen LogP contribution in [0.15, 0.2) is 0 Å². The van der Waals surface area contributed by atoms with E-state index in [0.717, 1.165) is 78.5 Å². The third kappa shape index (κ3) is 37.1. The first-order chi connectivity index (χ1) is 15.4. The maximum atomic E-state index is 8.46. The van der Waals surface area contributed by atoms with E-state index in [9.17, 15) is 0 Å². The smallest absolute Gasteiger partial charge is 0.0558 e. The van der Waals surface area contributed by atoms with Gasteiger partial charge < -0.3 is 40.0 Å². The third-order valence-corrected chi connectivity index (χ3v) is 5.24. The van der Waals surface area contributed by atoms with Crippen LogP contribution >= 0.6 is 0 Å². The summed E-state index contributed by atoms with van der Waals surface area (Å²) >= 11 is 0. The molecule has 0 rings (SSSR count). The van der Waals surface area contributed by atoms with Crippen molar-refractivity contribution >= 4 is 0 Å². The van der Waals surface area contributed by atoms with Crippen molar-refractivity contribution in [2.45, 2.75) is 55.4 Å². The second kappa shape index (κ2) is 39.6. The minimum absolute atomic E-state index is 0. The zero-order chi connectivity index (χ0) is 25.6. The fourth-order valence-corrected chi connectivity index (χ4v) is 2.73. The van der Waals surface area contributed by atoms with Gasteiger partial charge in [-0.05, 0) is 52.4 Å². The first-order valence-electron chi connectivity index (χ1n) is 12.7. The van der Waals surface area contributed by atoms with Gasteiger partial charge in [0.15, 0.2) is 0 Å². The fourth-order valence-electron chi connectivity index (χ4n) is 2.73. The number of rotatable bonds is 16. The predicted molar refractivity (Wildman–Crippen MR) is 139 cm³/mol. The first kappa shape index (κ1) is 43.5. The molecule has 0 aliphatic rings. The van der Waals surface area contributed by atoms with E-state index in [-0.39, 0.29) is 48.1 Å². The van der Waals surface area contributed by atoms with E-state index >= 15 is 0 Å². The van der Waals surface area contributed by atoms with Crippen LogP contribution < -0.4 is 0 Å². The maximum Gasteiger partial charge on any atom is 0.0558 e. The third-order valence-electron chi connectivity index (χ3n) is 5.24. The van der Waals surface area contributed by atoms with Crippen LogP contribution in [0.3, 0.4) is 0 Å². The normalized spacial score (nSPS) is 10.2. The molecule has 0 spiro atoms. The van der Waals surface area contributed by atoms with Gasteiger partial charge in [-0.25, -0.2) is 0 Å². The van der Waals surface area contributed by atoms with Gasteiger partial charge in [0.1, 0.15) is 0 Å². The second-order valence-corrected chi connectivity index (χ2v) is 7.00. The van der Waals surface area contributed by atoms with E-state index in [1.807, 2.05) is 0 Å². The van der Waals surface area contributed by atoms with E-state index in [4.69, 9.17) is 20.4 Å². The number of nitrogens with zero attached hydrogens (tertiary/aromatic N) is 4. The van der Waals surface area contributed by atoms with Crippen molar-refractivity contribution in [3.8, 4) is 0 Å². The van der Waals surface area contributed by atoms with E-state index in [1.54, 1.807) is 0 Å².